The van der Waals surface area contributed by atoms with Crippen molar-refractivity contribution in [3.05, 3.63) is 45.6 Å². The van der Waals surface area contributed by atoms with Crippen LogP contribution in [0.25, 0.3) is 0 Å². The third-order valence-electron chi connectivity index (χ3n) is 2.17. The second-order valence-corrected chi connectivity index (χ2v) is 5.97. The Bertz CT molecular complexity index is 468. The quantitative estimate of drug-likeness (QED) is 0.805. The minimum Gasteiger partial charge on any atom is -0.380 e. The van der Waals surface area contributed by atoms with Gasteiger partial charge >= 0.3 is 0 Å². The van der Waals surface area contributed by atoms with Crippen molar-refractivity contribution in [2.75, 3.05) is 11.6 Å². The van der Waals surface area contributed by atoms with E-state index in [1.54, 1.807) is 23.1 Å². The van der Waals surface area contributed by atoms with Crippen molar-refractivity contribution < 1.29 is 0 Å². The summed E-state index contributed by atoms with van der Waals surface area (Å²) >= 11 is 9.24. The molecule has 0 saturated heterocycles. The molecule has 1 aromatic carbocycles. The normalized spacial score (nSPS) is 10.4. The Hall–Kier alpha value is -0.640. The average molecular weight is 270 g/mol. The molecule has 0 aliphatic rings. The van der Waals surface area contributed by atoms with E-state index >= 15 is 0 Å². The van der Waals surface area contributed by atoms with Gasteiger partial charge in [0.15, 0.2) is 0 Å². The van der Waals surface area contributed by atoms with Crippen LogP contribution in [0.3, 0.4) is 0 Å². The van der Waals surface area contributed by atoms with Gasteiger partial charge in [0.25, 0.3) is 0 Å². The van der Waals surface area contributed by atoms with Crippen LogP contribution in [0, 0.1) is 0 Å². The minimum atomic E-state index is 0.829. The molecule has 1 aromatic heterocycles. The number of anilines is 1. The molecule has 84 valence electrons. The van der Waals surface area contributed by atoms with Crippen LogP contribution in [-0.4, -0.2) is 6.26 Å². The van der Waals surface area contributed by atoms with E-state index < -0.39 is 0 Å². The summed E-state index contributed by atoms with van der Waals surface area (Å²) in [4.78, 5) is 2.52. The summed E-state index contributed by atoms with van der Waals surface area (Å²) in [5.41, 5.74) is 1.15. The van der Waals surface area contributed by atoms with Crippen LogP contribution in [-0.2, 0) is 6.54 Å². The second-order valence-electron chi connectivity index (χ2n) is 3.29. The molecule has 0 unspecified atom stereocenters. The summed E-state index contributed by atoms with van der Waals surface area (Å²) in [5.74, 6) is 0. The third-order valence-corrected chi connectivity index (χ3v) is 4.12. The highest BCUT2D eigenvalue weighted by Crippen LogP contribution is 2.23. The van der Waals surface area contributed by atoms with Gasteiger partial charge in [0.2, 0.25) is 0 Å². The fourth-order valence-corrected chi connectivity index (χ4v) is 2.86. The number of hydrogen-bond donors (Lipinski definition) is 1. The number of rotatable bonds is 4. The van der Waals surface area contributed by atoms with Crippen LogP contribution in [0.5, 0.6) is 0 Å². The fourth-order valence-electron chi connectivity index (χ4n) is 1.37. The lowest BCUT2D eigenvalue weighted by molar-refractivity contribution is 1.19. The van der Waals surface area contributed by atoms with Crippen molar-refractivity contribution in [2.24, 2.45) is 0 Å². The fraction of sp³-hybridized carbons (Fsp3) is 0.167. The summed E-state index contributed by atoms with van der Waals surface area (Å²) in [6.07, 6.45) is 2.08. The van der Waals surface area contributed by atoms with Gasteiger partial charge in [-0.05, 0) is 36.6 Å². The first-order valence-corrected chi connectivity index (χ1v) is 7.32. The first kappa shape index (κ1) is 11.8. The zero-order valence-corrected chi connectivity index (χ0v) is 11.3. The molecule has 2 aromatic rings. The molecule has 0 spiro atoms. The number of hydrogen-bond acceptors (Lipinski definition) is 3. The summed E-state index contributed by atoms with van der Waals surface area (Å²) in [6.45, 7) is 0.829. The molecule has 1 N–H and O–H groups in total. The molecule has 2 rings (SSSR count). The van der Waals surface area contributed by atoms with Crippen LogP contribution in [0.2, 0.25) is 4.34 Å². The Labute approximate surface area is 109 Å². The van der Waals surface area contributed by atoms with Crippen molar-refractivity contribution in [1.29, 1.82) is 0 Å². The van der Waals surface area contributed by atoms with Crippen LogP contribution >= 0.6 is 34.7 Å². The van der Waals surface area contributed by atoms with Crippen molar-refractivity contribution in [2.45, 2.75) is 11.4 Å². The molecule has 0 atom stereocenters. The van der Waals surface area contributed by atoms with Gasteiger partial charge in [0, 0.05) is 22.0 Å². The highest BCUT2D eigenvalue weighted by Gasteiger charge is 1.98. The molecule has 0 aliphatic heterocycles. The van der Waals surface area contributed by atoms with Gasteiger partial charge in [-0.3, -0.25) is 0 Å². The molecule has 1 heterocycles. The highest BCUT2D eigenvalue weighted by atomic mass is 35.5. The molecule has 0 saturated carbocycles. The molecule has 0 aliphatic carbocycles. The van der Waals surface area contributed by atoms with E-state index in [2.05, 4.69) is 41.9 Å². The van der Waals surface area contributed by atoms with Crippen LogP contribution in [0.15, 0.2) is 41.3 Å². The van der Waals surface area contributed by atoms with Crippen LogP contribution < -0.4 is 5.32 Å². The number of halogens is 1. The average Bonchev–Trinajstić information content (AvgIpc) is 2.73. The Morgan fingerprint density at radius 3 is 2.88 bits per heavy atom. The summed E-state index contributed by atoms with van der Waals surface area (Å²) in [5, 5.41) is 3.39. The van der Waals surface area contributed by atoms with Gasteiger partial charge in [-0.2, -0.15) is 0 Å². The van der Waals surface area contributed by atoms with E-state index in [1.807, 2.05) is 6.07 Å². The SMILES string of the molecule is CSc1cccc(NCc2ccc(Cl)s2)c1. The Morgan fingerprint density at radius 2 is 2.19 bits per heavy atom. The molecule has 1 nitrogen and oxygen atoms in total. The van der Waals surface area contributed by atoms with Crippen molar-refractivity contribution >= 4 is 40.4 Å². The van der Waals surface area contributed by atoms with Crippen molar-refractivity contribution in [3.63, 3.8) is 0 Å². The number of thioether (sulfide) groups is 1. The topological polar surface area (TPSA) is 12.0 Å². The lowest BCUT2D eigenvalue weighted by Gasteiger charge is -2.05. The predicted octanol–water partition coefficient (Wildman–Crippen LogP) is 4.74. The van der Waals surface area contributed by atoms with E-state index in [9.17, 15) is 0 Å². The Balaban J connectivity index is 1.99. The van der Waals surface area contributed by atoms with Gasteiger partial charge in [0.1, 0.15) is 0 Å². The number of nitrogens with one attached hydrogen (secondary N) is 1. The molecule has 16 heavy (non-hydrogen) atoms. The van der Waals surface area contributed by atoms with Gasteiger partial charge in [-0.25, -0.2) is 0 Å². The second kappa shape index (κ2) is 5.62. The highest BCUT2D eigenvalue weighted by molar-refractivity contribution is 7.98. The van der Waals surface area contributed by atoms with E-state index in [0.717, 1.165) is 16.6 Å². The molecule has 0 bridgehead atoms. The van der Waals surface area contributed by atoms with E-state index in [1.165, 1.54) is 9.77 Å². The summed E-state index contributed by atoms with van der Waals surface area (Å²) in [6, 6.07) is 12.4. The van der Waals surface area contributed by atoms with Crippen molar-refractivity contribution in [3.8, 4) is 0 Å². The third kappa shape index (κ3) is 3.17. The molecular formula is C12H12ClNS2. The summed E-state index contributed by atoms with van der Waals surface area (Å²) < 4.78 is 0.842. The Kier molecular flexibility index (Phi) is 4.16. The van der Waals surface area contributed by atoms with Crippen molar-refractivity contribution in [1.82, 2.24) is 0 Å². The Morgan fingerprint density at radius 1 is 1.31 bits per heavy atom. The molecular weight excluding hydrogens is 258 g/mol. The monoisotopic (exact) mass is 269 g/mol. The maximum atomic E-state index is 5.88. The largest absolute Gasteiger partial charge is 0.380 e. The van der Waals surface area contributed by atoms with E-state index in [-0.39, 0.29) is 0 Å². The lowest BCUT2D eigenvalue weighted by atomic mass is 10.3. The van der Waals surface area contributed by atoms with Gasteiger partial charge in [-0.15, -0.1) is 23.1 Å². The van der Waals surface area contributed by atoms with E-state index in [0.29, 0.717) is 0 Å². The predicted molar refractivity (Wildman–Crippen MR) is 74.9 cm³/mol. The first-order chi connectivity index (χ1) is 7.78. The zero-order valence-electron chi connectivity index (χ0n) is 8.87. The standard InChI is InChI=1S/C12H12ClNS2/c1-15-10-4-2-3-9(7-10)14-8-11-5-6-12(13)16-11/h2-7,14H,8H2,1H3. The lowest BCUT2D eigenvalue weighted by Crippen LogP contribution is -1.96. The molecule has 0 radical (unpaired) electrons. The zero-order chi connectivity index (χ0) is 11.4. The van der Waals surface area contributed by atoms with Gasteiger partial charge < -0.3 is 5.32 Å². The van der Waals surface area contributed by atoms with Gasteiger partial charge in [-0.1, -0.05) is 17.7 Å². The minimum absolute atomic E-state index is 0.829. The maximum Gasteiger partial charge on any atom is 0.0931 e. The molecule has 0 fully saturated rings. The maximum absolute atomic E-state index is 5.88. The van der Waals surface area contributed by atoms with Crippen LogP contribution in [0.4, 0.5) is 5.69 Å². The van der Waals surface area contributed by atoms with E-state index in [4.69, 9.17) is 11.6 Å². The first-order valence-electron chi connectivity index (χ1n) is 4.90. The smallest absolute Gasteiger partial charge is 0.0931 e. The molecule has 4 heteroatoms. The molecule has 0 amide bonds. The number of thiophene rings is 1. The van der Waals surface area contributed by atoms with Gasteiger partial charge in [0.05, 0.1) is 4.34 Å². The summed E-state index contributed by atoms with van der Waals surface area (Å²) in [7, 11) is 0. The number of benzene rings is 1. The van der Waals surface area contributed by atoms with Crippen LogP contribution in [0.1, 0.15) is 4.88 Å².